The van der Waals surface area contributed by atoms with Crippen molar-refractivity contribution in [1.29, 1.82) is 0 Å². The van der Waals surface area contributed by atoms with Crippen LogP contribution in [0.15, 0.2) is 91.1 Å². The molecule has 0 unspecified atom stereocenters. The van der Waals surface area contributed by atoms with E-state index in [0.29, 0.717) is 16.8 Å². The molecule has 2 heterocycles. The fraction of sp³-hybridized carbons (Fsp3) is 0.125. The topological polar surface area (TPSA) is 16.8 Å². The van der Waals surface area contributed by atoms with Crippen molar-refractivity contribution in [3.8, 4) is 22.5 Å². The zero-order valence-corrected chi connectivity index (χ0v) is 19.6. The Balaban J connectivity index is 1.69. The molecule has 2 nitrogen and oxygen atoms in total. The van der Waals surface area contributed by atoms with Crippen molar-refractivity contribution in [3.05, 3.63) is 108 Å². The van der Waals surface area contributed by atoms with Gasteiger partial charge >= 0.3 is 0 Å². The maximum absolute atomic E-state index is 8.29. The fourth-order valence-electron chi connectivity index (χ4n) is 5.06. The molecule has 164 valence electrons. The first-order valence-electron chi connectivity index (χ1n) is 13.0. The summed E-state index contributed by atoms with van der Waals surface area (Å²) in [5, 5.41) is 5.63. The molecule has 0 aliphatic carbocycles. The predicted molar refractivity (Wildman–Crippen MR) is 143 cm³/mol. The minimum Gasteiger partial charge on any atom is -0.247 e. The van der Waals surface area contributed by atoms with E-state index in [0.717, 1.165) is 43.9 Å². The molecule has 6 rings (SSSR count). The molecule has 0 aliphatic rings. The lowest BCUT2D eigenvalue weighted by Gasteiger charge is -2.13. The second-order valence-corrected chi connectivity index (χ2v) is 9.10. The second-order valence-electron chi connectivity index (χ2n) is 9.10. The van der Waals surface area contributed by atoms with Gasteiger partial charge in [0.15, 0.2) is 6.20 Å². The van der Waals surface area contributed by atoms with Crippen molar-refractivity contribution in [2.75, 3.05) is 0 Å². The molecule has 4 aromatic carbocycles. The van der Waals surface area contributed by atoms with Crippen molar-refractivity contribution in [1.82, 2.24) is 4.98 Å². The number of hydrogen-bond acceptors (Lipinski definition) is 1. The molecule has 0 atom stereocenters. The lowest BCUT2D eigenvalue weighted by atomic mass is 9.95. The Kier molecular flexibility index (Phi) is 3.99. The Bertz CT molecular complexity index is 1830. The van der Waals surface area contributed by atoms with Crippen LogP contribution >= 0.6 is 0 Å². The van der Waals surface area contributed by atoms with E-state index in [2.05, 4.69) is 68.4 Å². The summed E-state index contributed by atoms with van der Waals surface area (Å²) in [6.07, 6.45) is 1.73. The standard InChI is InChI=1S/C32H27N2/c1-20-13-14-25-27-15-16-30(33-32(27)26-12-8-7-11-24(26)29(25)17-20)28-18-31(34(4)19-22(28)3)23-10-6-5-9-21(23)2/h5-19H,1-4H3/q+1/i3D3. The Labute approximate surface area is 204 Å². The van der Waals surface area contributed by atoms with Gasteiger partial charge in [-0.15, -0.1) is 0 Å². The van der Waals surface area contributed by atoms with Crippen molar-refractivity contribution in [2.45, 2.75) is 20.7 Å². The van der Waals surface area contributed by atoms with Gasteiger partial charge < -0.3 is 0 Å². The Morgan fingerprint density at radius 3 is 2.21 bits per heavy atom. The third-order valence-electron chi connectivity index (χ3n) is 6.80. The minimum absolute atomic E-state index is 0.292. The average molecular weight is 443 g/mol. The molecule has 0 fully saturated rings. The number of rotatable bonds is 2. The average Bonchev–Trinajstić information content (AvgIpc) is 2.88. The number of hydrogen-bond donors (Lipinski definition) is 0. The van der Waals surface area contributed by atoms with Crippen molar-refractivity contribution in [2.24, 2.45) is 7.05 Å². The van der Waals surface area contributed by atoms with Crippen LogP contribution in [0.2, 0.25) is 0 Å². The van der Waals surface area contributed by atoms with Gasteiger partial charge in [0.1, 0.15) is 7.05 Å². The van der Waals surface area contributed by atoms with E-state index in [1.165, 1.54) is 10.9 Å². The summed E-state index contributed by atoms with van der Waals surface area (Å²) in [5.41, 5.74) is 6.82. The first-order valence-corrected chi connectivity index (χ1v) is 11.5. The molecule has 0 saturated carbocycles. The summed E-state index contributed by atoms with van der Waals surface area (Å²) in [7, 11) is 1.90. The maximum Gasteiger partial charge on any atom is 0.213 e. The monoisotopic (exact) mass is 442 g/mol. The summed E-state index contributed by atoms with van der Waals surface area (Å²) in [6.45, 7) is 1.90. The Hall–Kier alpha value is -4.04. The van der Waals surface area contributed by atoms with E-state index < -0.39 is 6.85 Å². The molecule has 0 aliphatic heterocycles. The summed E-state index contributed by atoms with van der Waals surface area (Å²) < 4.78 is 26.8. The molecule has 0 saturated heterocycles. The van der Waals surface area contributed by atoms with Gasteiger partial charge in [0.05, 0.1) is 11.2 Å². The number of aromatic nitrogens is 2. The number of fused-ring (bicyclic) bond motifs is 6. The fourth-order valence-corrected chi connectivity index (χ4v) is 5.06. The highest BCUT2D eigenvalue weighted by Crippen LogP contribution is 2.36. The van der Waals surface area contributed by atoms with E-state index in [1.54, 1.807) is 6.20 Å². The van der Waals surface area contributed by atoms with Gasteiger partial charge in [-0.25, -0.2) is 9.55 Å². The summed E-state index contributed by atoms with van der Waals surface area (Å²) in [4.78, 5) is 5.15. The largest absolute Gasteiger partial charge is 0.247 e. The van der Waals surface area contributed by atoms with Crippen LogP contribution in [0.5, 0.6) is 0 Å². The van der Waals surface area contributed by atoms with Crippen LogP contribution in [0.3, 0.4) is 0 Å². The number of aryl methyl sites for hydroxylation is 4. The van der Waals surface area contributed by atoms with Crippen molar-refractivity contribution >= 4 is 32.4 Å². The molecular formula is C32H27N2+. The van der Waals surface area contributed by atoms with Gasteiger partial charge in [0.25, 0.3) is 0 Å². The first kappa shape index (κ1) is 17.4. The van der Waals surface area contributed by atoms with E-state index in [9.17, 15) is 0 Å². The van der Waals surface area contributed by atoms with Gasteiger partial charge in [-0.3, -0.25) is 0 Å². The predicted octanol–water partition coefficient (Wildman–Crippen LogP) is 7.62. The summed E-state index contributed by atoms with van der Waals surface area (Å²) in [6, 6.07) is 29.0. The van der Waals surface area contributed by atoms with Crippen molar-refractivity contribution in [3.63, 3.8) is 0 Å². The quantitative estimate of drug-likeness (QED) is 0.199. The Morgan fingerprint density at radius 1 is 0.676 bits per heavy atom. The SMILES string of the molecule is [2H]C([2H])([2H])c1c[n+](C)c(-c2ccccc2C)cc1-c1ccc2c3ccc(C)cc3c3ccccc3c2n1. The highest BCUT2D eigenvalue weighted by molar-refractivity contribution is 6.24. The van der Waals surface area contributed by atoms with E-state index in [4.69, 9.17) is 9.10 Å². The molecule has 2 heteroatoms. The minimum atomic E-state index is -2.28. The number of pyridine rings is 2. The highest BCUT2D eigenvalue weighted by Gasteiger charge is 2.18. The van der Waals surface area contributed by atoms with Crippen LogP contribution in [0.4, 0.5) is 0 Å². The zero-order valence-electron chi connectivity index (χ0n) is 22.6. The van der Waals surface area contributed by atoms with E-state index in [1.807, 2.05) is 41.9 Å². The molecule has 0 bridgehead atoms. The van der Waals surface area contributed by atoms with Crippen LogP contribution in [0, 0.1) is 20.7 Å². The molecule has 34 heavy (non-hydrogen) atoms. The molecule has 2 aromatic heterocycles. The molecule has 0 amide bonds. The molecule has 6 aromatic rings. The molecule has 0 spiro atoms. The molecular weight excluding hydrogens is 412 g/mol. The van der Waals surface area contributed by atoms with Gasteiger partial charge in [-0.05, 0) is 60.6 Å². The highest BCUT2D eigenvalue weighted by atomic mass is 14.9. The number of nitrogens with zero attached hydrogens (tertiary/aromatic N) is 2. The van der Waals surface area contributed by atoms with Crippen LogP contribution < -0.4 is 4.57 Å². The van der Waals surface area contributed by atoms with Crippen LogP contribution in [-0.4, -0.2) is 4.98 Å². The third kappa shape index (κ3) is 3.18. The number of benzene rings is 4. The van der Waals surface area contributed by atoms with Gasteiger partial charge in [-0.1, -0.05) is 66.2 Å². The first-order chi connectivity index (χ1) is 17.7. The summed E-state index contributed by atoms with van der Waals surface area (Å²) in [5.74, 6) is 0. The van der Waals surface area contributed by atoms with Gasteiger partial charge in [0, 0.05) is 37.6 Å². The lowest BCUT2D eigenvalue weighted by Crippen LogP contribution is -2.31. The third-order valence-corrected chi connectivity index (χ3v) is 6.80. The molecule has 0 N–H and O–H groups in total. The Morgan fingerprint density at radius 2 is 1.38 bits per heavy atom. The molecule has 0 radical (unpaired) electrons. The lowest BCUT2D eigenvalue weighted by molar-refractivity contribution is -0.660. The normalized spacial score (nSPS) is 13.2. The maximum atomic E-state index is 8.29. The van der Waals surface area contributed by atoms with Crippen LogP contribution in [0.25, 0.3) is 55.0 Å². The van der Waals surface area contributed by atoms with E-state index in [-0.39, 0.29) is 0 Å². The zero-order chi connectivity index (χ0) is 25.9. The van der Waals surface area contributed by atoms with Gasteiger partial charge in [0.2, 0.25) is 5.69 Å². The smallest absolute Gasteiger partial charge is 0.213 e. The second kappa shape index (κ2) is 7.78. The van der Waals surface area contributed by atoms with Crippen LogP contribution in [-0.2, 0) is 7.05 Å². The van der Waals surface area contributed by atoms with E-state index >= 15 is 0 Å². The van der Waals surface area contributed by atoms with Crippen LogP contribution in [0.1, 0.15) is 20.8 Å². The summed E-state index contributed by atoms with van der Waals surface area (Å²) >= 11 is 0. The van der Waals surface area contributed by atoms with Gasteiger partial charge in [-0.2, -0.15) is 0 Å². The van der Waals surface area contributed by atoms with Crippen molar-refractivity contribution < 1.29 is 8.68 Å².